The molecule has 1 heterocycles. The number of piperazine rings is 1. The second kappa shape index (κ2) is 5.94. The maximum Gasteiger partial charge on any atom is 0.329 e. The summed E-state index contributed by atoms with van der Waals surface area (Å²) >= 11 is 0. The van der Waals surface area contributed by atoms with E-state index in [0.29, 0.717) is 0 Å². The van der Waals surface area contributed by atoms with Gasteiger partial charge in [-0.3, -0.25) is 4.90 Å². The Kier molecular flexibility index (Phi) is 4.45. The highest BCUT2D eigenvalue weighted by atomic mass is 16.4. The average Bonchev–Trinajstić information content (AvgIpc) is 2.42. The van der Waals surface area contributed by atoms with Crippen LogP contribution in [-0.4, -0.2) is 54.1 Å². The Bertz CT molecular complexity index is 453. The number of hydrogen-bond acceptors (Lipinski definition) is 3. The zero-order valence-electron chi connectivity index (χ0n) is 12.5. The molecule has 110 valence electrons. The van der Waals surface area contributed by atoms with Crippen LogP contribution in [0.1, 0.15) is 19.4 Å². The summed E-state index contributed by atoms with van der Waals surface area (Å²) in [5.74, 6) is -0.742. The van der Waals surface area contributed by atoms with E-state index in [2.05, 4.69) is 16.8 Å². The lowest BCUT2D eigenvalue weighted by molar-refractivity contribution is -0.158. The highest BCUT2D eigenvalue weighted by Crippen LogP contribution is 2.37. The van der Waals surface area contributed by atoms with E-state index in [9.17, 15) is 9.90 Å². The van der Waals surface area contributed by atoms with Crippen molar-refractivity contribution < 1.29 is 9.90 Å². The van der Waals surface area contributed by atoms with Crippen LogP contribution < -0.4 is 0 Å². The summed E-state index contributed by atoms with van der Waals surface area (Å²) in [7, 11) is 2.08. The summed E-state index contributed by atoms with van der Waals surface area (Å²) in [6.07, 6.45) is 0. The number of rotatable bonds is 4. The van der Waals surface area contributed by atoms with Crippen molar-refractivity contribution in [1.29, 1.82) is 0 Å². The molecule has 0 bridgehead atoms. The molecule has 1 saturated heterocycles. The van der Waals surface area contributed by atoms with Gasteiger partial charge in [-0.1, -0.05) is 44.2 Å². The van der Waals surface area contributed by atoms with Crippen LogP contribution in [0.3, 0.4) is 0 Å². The molecular weight excluding hydrogens is 252 g/mol. The van der Waals surface area contributed by atoms with E-state index in [-0.39, 0.29) is 5.92 Å². The van der Waals surface area contributed by atoms with Gasteiger partial charge >= 0.3 is 5.97 Å². The molecule has 2 rings (SSSR count). The van der Waals surface area contributed by atoms with Crippen LogP contribution in [0.5, 0.6) is 0 Å². The van der Waals surface area contributed by atoms with Crippen molar-refractivity contribution in [3.63, 3.8) is 0 Å². The van der Waals surface area contributed by atoms with Crippen molar-refractivity contribution in [2.75, 3.05) is 33.2 Å². The van der Waals surface area contributed by atoms with E-state index in [1.165, 1.54) is 0 Å². The van der Waals surface area contributed by atoms with Crippen LogP contribution in [0.2, 0.25) is 0 Å². The normalized spacial score (nSPS) is 20.8. The third-order valence-electron chi connectivity index (χ3n) is 4.38. The van der Waals surface area contributed by atoms with Gasteiger partial charge in [-0.15, -0.1) is 0 Å². The van der Waals surface area contributed by atoms with E-state index < -0.39 is 11.5 Å². The Morgan fingerprint density at radius 2 is 1.70 bits per heavy atom. The molecule has 0 aromatic heterocycles. The third-order valence-corrected chi connectivity index (χ3v) is 4.38. The molecule has 0 radical (unpaired) electrons. The summed E-state index contributed by atoms with van der Waals surface area (Å²) in [6, 6.07) is 9.65. The molecule has 1 aromatic carbocycles. The maximum absolute atomic E-state index is 12.2. The molecule has 0 aliphatic carbocycles. The number of benzene rings is 1. The fraction of sp³-hybridized carbons (Fsp3) is 0.562. The van der Waals surface area contributed by atoms with Gasteiger partial charge in [0.2, 0.25) is 0 Å². The molecule has 0 spiro atoms. The SMILES string of the molecule is CC(C)C(C(=O)O)(c1ccccc1)N1CCN(C)CC1. The lowest BCUT2D eigenvalue weighted by atomic mass is 9.77. The maximum atomic E-state index is 12.2. The summed E-state index contributed by atoms with van der Waals surface area (Å²) in [5, 5.41) is 10.0. The van der Waals surface area contributed by atoms with Gasteiger partial charge in [0, 0.05) is 26.2 Å². The Morgan fingerprint density at radius 1 is 1.15 bits per heavy atom. The number of carboxylic acids is 1. The highest BCUT2D eigenvalue weighted by molar-refractivity contribution is 5.81. The van der Waals surface area contributed by atoms with E-state index >= 15 is 0 Å². The molecule has 0 amide bonds. The smallest absolute Gasteiger partial charge is 0.329 e. The molecule has 0 saturated carbocycles. The van der Waals surface area contributed by atoms with Crippen molar-refractivity contribution in [1.82, 2.24) is 9.80 Å². The summed E-state index contributed by atoms with van der Waals surface area (Å²) in [6.45, 7) is 7.40. The molecular formula is C16H24N2O2. The monoisotopic (exact) mass is 276 g/mol. The van der Waals surface area contributed by atoms with Gasteiger partial charge < -0.3 is 10.0 Å². The largest absolute Gasteiger partial charge is 0.480 e. The minimum atomic E-state index is -0.928. The van der Waals surface area contributed by atoms with Gasteiger partial charge in [0.15, 0.2) is 0 Å². The van der Waals surface area contributed by atoms with Crippen molar-refractivity contribution in [3.05, 3.63) is 35.9 Å². The number of carbonyl (C=O) groups is 1. The Hall–Kier alpha value is -1.39. The predicted octanol–water partition coefficient (Wildman–Crippen LogP) is 1.87. The number of likely N-dealkylation sites (N-methyl/N-ethyl adjacent to an activating group) is 1. The summed E-state index contributed by atoms with van der Waals surface area (Å²) < 4.78 is 0. The van der Waals surface area contributed by atoms with Crippen LogP contribution in [0.25, 0.3) is 0 Å². The molecule has 4 nitrogen and oxygen atoms in total. The van der Waals surface area contributed by atoms with Gasteiger partial charge in [-0.05, 0) is 18.5 Å². The standard InChI is InChI=1S/C16H24N2O2/c1-13(2)16(15(19)20,14-7-5-4-6-8-14)18-11-9-17(3)10-12-18/h4-8,13H,9-12H2,1-3H3,(H,19,20). The minimum absolute atomic E-state index is 0.00538. The molecule has 1 aliphatic heterocycles. The predicted molar refractivity (Wildman–Crippen MR) is 79.7 cm³/mol. The first-order valence-corrected chi connectivity index (χ1v) is 7.22. The van der Waals surface area contributed by atoms with Gasteiger partial charge in [0.1, 0.15) is 5.54 Å². The first kappa shape index (κ1) is 15.0. The van der Waals surface area contributed by atoms with E-state index in [1.807, 2.05) is 44.2 Å². The molecule has 20 heavy (non-hydrogen) atoms. The van der Waals surface area contributed by atoms with E-state index in [4.69, 9.17) is 0 Å². The highest BCUT2D eigenvalue weighted by Gasteiger charge is 2.49. The number of carboxylic acid groups (broad SMARTS) is 1. The zero-order chi connectivity index (χ0) is 14.8. The van der Waals surface area contributed by atoms with Crippen molar-refractivity contribution in [3.8, 4) is 0 Å². The molecule has 1 aliphatic rings. The first-order valence-electron chi connectivity index (χ1n) is 7.22. The zero-order valence-corrected chi connectivity index (χ0v) is 12.5. The van der Waals surface area contributed by atoms with Crippen molar-refractivity contribution >= 4 is 5.97 Å². The molecule has 1 atom stereocenters. The van der Waals surface area contributed by atoms with Crippen LogP contribution in [0.15, 0.2) is 30.3 Å². The molecule has 4 heteroatoms. The molecule has 1 aromatic rings. The second-order valence-electron chi connectivity index (χ2n) is 5.88. The lowest BCUT2D eigenvalue weighted by Gasteiger charge is -2.47. The van der Waals surface area contributed by atoms with Gasteiger partial charge in [0.25, 0.3) is 0 Å². The van der Waals surface area contributed by atoms with Gasteiger partial charge in [0.05, 0.1) is 0 Å². The van der Waals surface area contributed by atoms with Gasteiger partial charge in [-0.25, -0.2) is 4.79 Å². The average molecular weight is 276 g/mol. The quantitative estimate of drug-likeness (QED) is 0.912. The van der Waals surface area contributed by atoms with E-state index in [0.717, 1.165) is 31.7 Å². The van der Waals surface area contributed by atoms with Crippen LogP contribution >= 0.6 is 0 Å². The number of hydrogen-bond donors (Lipinski definition) is 1. The lowest BCUT2D eigenvalue weighted by Crippen LogP contribution is -2.60. The first-order chi connectivity index (χ1) is 9.49. The van der Waals surface area contributed by atoms with Crippen molar-refractivity contribution in [2.24, 2.45) is 5.92 Å². The third kappa shape index (κ3) is 2.45. The molecule has 1 unspecified atom stereocenters. The van der Waals surface area contributed by atoms with Gasteiger partial charge in [-0.2, -0.15) is 0 Å². The minimum Gasteiger partial charge on any atom is -0.480 e. The number of nitrogens with zero attached hydrogens (tertiary/aromatic N) is 2. The molecule has 1 fully saturated rings. The van der Waals surface area contributed by atoms with Crippen LogP contribution in [0, 0.1) is 5.92 Å². The Balaban J connectivity index is 2.46. The van der Waals surface area contributed by atoms with E-state index in [1.54, 1.807) is 0 Å². The number of aliphatic carboxylic acids is 1. The topological polar surface area (TPSA) is 43.8 Å². The Morgan fingerprint density at radius 3 is 2.15 bits per heavy atom. The second-order valence-corrected chi connectivity index (χ2v) is 5.88. The molecule has 1 N–H and O–H groups in total. The van der Waals surface area contributed by atoms with Crippen LogP contribution in [-0.2, 0) is 10.3 Å². The summed E-state index contributed by atoms with van der Waals surface area (Å²) in [4.78, 5) is 16.6. The summed E-state index contributed by atoms with van der Waals surface area (Å²) in [5.41, 5.74) is -0.0465. The fourth-order valence-electron chi connectivity index (χ4n) is 3.24. The van der Waals surface area contributed by atoms with Crippen LogP contribution in [0.4, 0.5) is 0 Å². The van der Waals surface area contributed by atoms with Crippen molar-refractivity contribution in [2.45, 2.75) is 19.4 Å². The fourth-order valence-corrected chi connectivity index (χ4v) is 3.24. The Labute approximate surface area is 121 Å².